The van der Waals surface area contributed by atoms with Crippen LogP contribution < -0.4 is 0 Å². The fraction of sp³-hybridized carbons (Fsp3) is 0.368. The first-order chi connectivity index (χ1) is 13.1. The van der Waals surface area contributed by atoms with E-state index in [0.717, 1.165) is 22.3 Å². The largest absolute Gasteiger partial charge is 0.331 e. The zero-order valence-corrected chi connectivity index (χ0v) is 16.6. The highest BCUT2D eigenvalue weighted by atomic mass is 35.5. The Morgan fingerprint density at radius 1 is 1.15 bits per heavy atom. The first-order valence-corrected chi connectivity index (χ1v) is 9.58. The predicted octanol–water partition coefficient (Wildman–Crippen LogP) is 4.32. The van der Waals surface area contributed by atoms with E-state index in [-0.39, 0.29) is 0 Å². The molecule has 140 valence electrons. The van der Waals surface area contributed by atoms with Crippen molar-refractivity contribution in [1.29, 1.82) is 0 Å². The second-order valence-electron chi connectivity index (χ2n) is 6.46. The molecule has 0 radical (unpaired) electrons. The van der Waals surface area contributed by atoms with Gasteiger partial charge in [-0.2, -0.15) is 5.10 Å². The maximum Gasteiger partial charge on any atom is 0.217 e. The molecule has 0 unspecified atom stereocenters. The van der Waals surface area contributed by atoms with Crippen LogP contribution in [0.25, 0.3) is 28.4 Å². The molecule has 4 heterocycles. The number of aromatic nitrogens is 7. The number of hydrogen-bond donors (Lipinski definition) is 0. The summed E-state index contributed by atoms with van der Waals surface area (Å²) in [5, 5.41) is 9.73. The second kappa shape index (κ2) is 6.81. The van der Waals surface area contributed by atoms with Gasteiger partial charge in [0.05, 0.1) is 11.7 Å². The molecule has 5 rings (SSSR count). The van der Waals surface area contributed by atoms with Crippen LogP contribution in [0.2, 0.25) is 5.15 Å². The Morgan fingerprint density at radius 3 is 2.59 bits per heavy atom. The Bertz CT molecular complexity index is 1100. The molecule has 0 aromatic carbocycles. The molecule has 1 aliphatic carbocycles. The van der Waals surface area contributed by atoms with E-state index in [2.05, 4.69) is 15.1 Å². The summed E-state index contributed by atoms with van der Waals surface area (Å²) in [6.07, 6.45) is 10.00. The van der Waals surface area contributed by atoms with Gasteiger partial charge in [-0.15, -0.1) is 5.10 Å². The van der Waals surface area contributed by atoms with E-state index in [1.54, 1.807) is 10.7 Å². The van der Waals surface area contributed by atoms with Crippen LogP contribution in [0.15, 0.2) is 30.9 Å². The summed E-state index contributed by atoms with van der Waals surface area (Å²) in [5.74, 6) is 1.17. The van der Waals surface area contributed by atoms with Crippen LogP contribution in [0.4, 0.5) is 0 Å². The van der Waals surface area contributed by atoms with Gasteiger partial charge in [0, 0.05) is 37.4 Å². The lowest BCUT2D eigenvalue weighted by molar-refractivity contribution is 0.644. The van der Waals surface area contributed by atoms with Crippen molar-refractivity contribution in [2.75, 3.05) is 0 Å². The van der Waals surface area contributed by atoms with Crippen molar-refractivity contribution in [3.8, 4) is 22.9 Å². The Kier molecular flexibility index (Phi) is 4.47. The van der Waals surface area contributed by atoms with Crippen molar-refractivity contribution in [1.82, 2.24) is 33.9 Å². The van der Waals surface area contributed by atoms with Gasteiger partial charge in [0.15, 0.2) is 11.0 Å². The van der Waals surface area contributed by atoms with Crippen LogP contribution in [0.1, 0.15) is 38.3 Å². The van der Waals surface area contributed by atoms with Crippen molar-refractivity contribution in [3.05, 3.63) is 41.6 Å². The van der Waals surface area contributed by atoms with Gasteiger partial charge >= 0.3 is 0 Å². The van der Waals surface area contributed by atoms with Gasteiger partial charge in [-0.3, -0.25) is 4.68 Å². The molecule has 7 nitrogen and oxygen atoms in total. The molecule has 0 aliphatic heterocycles. The number of hydrogen-bond acceptors (Lipinski definition) is 4. The van der Waals surface area contributed by atoms with Crippen LogP contribution in [0, 0.1) is 6.92 Å². The molecule has 27 heavy (non-hydrogen) atoms. The highest BCUT2D eigenvalue weighted by Crippen LogP contribution is 2.36. The van der Waals surface area contributed by atoms with Crippen LogP contribution in [0.5, 0.6) is 0 Å². The lowest BCUT2D eigenvalue weighted by Gasteiger charge is -2.03. The van der Waals surface area contributed by atoms with E-state index < -0.39 is 0 Å². The summed E-state index contributed by atoms with van der Waals surface area (Å²) >= 11 is 6.47. The van der Waals surface area contributed by atoms with E-state index in [4.69, 9.17) is 16.7 Å². The lowest BCUT2D eigenvalue weighted by atomic mass is 10.1. The molecular formula is C19H22ClN7. The topological polar surface area (TPSA) is 65.8 Å². The highest BCUT2D eigenvalue weighted by Gasteiger charge is 2.25. The Morgan fingerprint density at radius 2 is 1.93 bits per heavy atom. The van der Waals surface area contributed by atoms with Gasteiger partial charge in [0.25, 0.3) is 0 Å². The van der Waals surface area contributed by atoms with E-state index in [1.807, 2.05) is 61.7 Å². The standard InChI is InChI=1S/C17H16ClN7.C2H6/c1-10-12(13-5-7-24(21-13)11-3-4-11)9-25-14(10)15(18)20-16(22-25)17-19-6-8-23(17)2;1-2/h5-9,11H,3-4H2,1-2H3;1-2H3. The summed E-state index contributed by atoms with van der Waals surface area (Å²) in [4.78, 5) is 8.74. The first-order valence-electron chi connectivity index (χ1n) is 9.20. The third-order valence-electron chi connectivity index (χ3n) is 4.67. The van der Waals surface area contributed by atoms with E-state index >= 15 is 0 Å². The van der Waals surface area contributed by atoms with E-state index in [9.17, 15) is 0 Å². The molecule has 4 aromatic rings. The normalized spacial score (nSPS) is 13.7. The molecule has 1 aliphatic rings. The van der Waals surface area contributed by atoms with Crippen molar-refractivity contribution < 1.29 is 0 Å². The van der Waals surface area contributed by atoms with Gasteiger partial charge in [0.1, 0.15) is 5.52 Å². The average molecular weight is 384 g/mol. The molecule has 1 saturated carbocycles. The van der Waals surface area contributed by atoms with Crippen molar-refractivity contribution in [3.63, 3.8) is 0 Å². The molecule has 0 atom stereocenters. The fourth-order valence-electron chi connectivity index (χ4n) is 3.14. The highest BCUT2D eigenvalue weighted by molar-refractivity contribution is 6.33. The average Bonchev–Trinajstić information content (AvgIpc) is 3.09. The third-order valence-corrected chi connectivity index (χ3v) is 4.93. The van der Waals surface area contributed by atoms with Gasteiger partial charge in [-0.1, -0.05) is 25.4 Å². The SMILES string of the molecule is CC.Cc1c(-c2ccn(C3CC3)n2)cn2nc(-c3nccn3C)nc(Cl)c12. The maximum atomic E-state index is 6.47. The quantitative estimate of drug-likeness (QED) is 0.528. The number of aryl methyl sites for hydroxylation is 2. The van der Waals surface area contributed by atoms with Crippen LogP contribution in [0.3, 0.4) is 0 Å². The molecule has 8 heteroatoms. The number of fused-ring (bicyclic) bond motifs is 1. The summed E-state index contributed by atoms with van der Waals surface area (Å²) in [5.41, 5.74) is 3.78. The van der Waals surface area contributed by atoms with Gasteiger partial charge in [0.2, 0.25) is 5.82 Å². The predicted molar refractivity (Wildman–Crippen MR) is 106 cm³/mol. The molecule has 0 N–H and O–H groups in total. The van der Waals surface area contributed by atoms with Crippen LogP contribution in [-0.4, -0.2) is 33.9 Å². The van der Waals surface area contributed by atoms with E-state index in [1.165, 1.54) is 12.8 Å². The van der Waals surface area contributed by atoms with Crippen molar-refractivity contribution in [2.24, 2.45) is 7.05 Å². The summed E-state index contributed by atoms with van der Waals surface area (Å²) in [6.45, 7) is 6.02. The zero-order chi connectivity index (χ0) is 19.1. The van der Waals surface area contributed by atoms with Crippen molar-refractivity contribution in [2.45, 2.75) is 39.7 Å². The maximum absolute atomic E-state index is 6.47. The minimum absolute atomic E-state index is 0.415. The minimum Gasteiger partial charge on any atom is -0.331 e. The molecule has 1 fully saturated rings. The number of halogens is 1. The van der Waals surface area contributed by atoms with Crippen LogP contribution in [-0.2, 0) is 7.05 Å². The Labute approximate surface area is 162 Å². The van der Waals surface area contributed by atoms with Gasteiger partial charge in [-0.25, -0.2) is 14.5 Å². The molecular weight excluding hydrogens is 362 g/mol. The molecule has 0 spiro atoms. The molecule has 0 saturated heterocycles. The van der Waals surface area contributed by atoms with Crippen molar-refractivity contribution >= 4 is 17.1 Å². The summed E-state index contributed by atoms with van der Waals surface area (Å²) < 4.78 is 5.69. The minimum atomic E-state index is 0.415. The monoisotopic (exact) mass is 383 g/mol. The van der Waals surface area contributed by atoms with Gasteiger partial charge in [-0.05, 0) is 31.4 Å². The number of nitrogens with zero attached hydrogens (tertiary/aromatic N) is 7. The van der Waals surface area contributed by atoms with Crippen LogP contribution >= 0.6 is 11.6 Å². The number of rotatable bonds is 3. The van der Waals surface area contributed by atoms with E-state index in [0.29, 0.717) is 22.8 Å². The lowest BCUT2D eigenvalue weighted by Crippen LogP contribution is -2.02. The second-order valence-corrected chi connectivity index (χ2v) is 6.82. The fourth-order valence-corrected chi connectivity index (χ4v) is 3.45. The Hall–Kier alpha value is -2.67. The smallest absolute Gasteiger partial charge is 0.217 e. The summed E-state index contributed by atoms with van der Waals surface area (Å²) in [6, 6.07) is 2.60. The molecule has 0 amide bonds. The first kappa shape index (κ1) is 17.7. The zero-order valence-electron chi connectivity index (χ0n) is 15.9. The third kappa shape index (κ3) is 3.02. The Balaban J connectivity index is 0.000000872. The molecule has 0 bridgehead atoms. The number of imidazole rings is 1. The van der Waals surface area contributed by atoms with Gasteiger partial charge < -0.3 is 4.57 Å². The summed E-state index contributed by atoms with van der Waals surface area (Å²) in [7, 11) is 1.90. The molecule has 4 aromatic heterocycles.